The Morgan fingerprint density at radius 3 is 0.747 bits per heavy atom. The van der Waals surface area contributed by atoms with E-state index in [-0.39, 0.29) is 25.7 Å². The van der Waals surface area contributed by atoms with Crippen molar-refractivity contribution in [2.75, 3.05) is 39.6 Å². The Kier molecular flexibility index (Phi) is 62.7. The number of phosphoric acid groups is 2. The summed E-state index contributed by atoms with van der Waals surface area (Å²) in [7, 11) is -9.90. The van der Waals surface area contributed by atoms with Gasteiger partial charge < -0.3 is 33.8 Å². The number of unbranched alkanes of at least 4 members (excludes halogenated alkanes) is 41. The molecule has 0 aromatic carbocycles. The van der Waals surface area contributed by atoms with Crippen LogP contribution < -0.4 is 0 Å². The minimum absolute atomic E-state index is 0.102. The molecule has 540 valence electrons. The van der Waals surface area contributed by atoms with Crippen LogP contribution in [0.2, 0.25) is 0 Å². The van der Waals surface area contributed by atoms with Gasteiger partial charge in [-0.2, -0.15) is 0 Å². The molecule has 0 aromatic heterocycles. The van der Waals surface area contributed by atoms with Gasteiger partial charge in [0.05, 0.1) is 26.4 Å². The van der Waals surface area contributed by atoms with Crippen molar-refractivity contribution in [3.05, 3.63) is 0 Å². The molecule has 0 radical (unpaired) electrons. The zero-order chi connectivity index (χ0) is 67.2. The Labute approximate surface area is 556 Å². The van der Waals surface area contributed by atoms with Crippen molar-refractivity contribution in [1.82, 2.24) is 0 Å². The third kappa shape index (κ3) is 66.5. The minimum Gasteiger partial charge on any atom is -0.462 e. The maximum Gasteiger partial charge on any atom is 0.472 e. The first-order valence-electron chi connectivity index (χ1n) is 37.5. The molecule has 0 saturated heterocycles. The van der Waals surface area contributed by atoms with Crippen LogP contribution in [-0.2, 0) is 65.4 Å². The lowest BCUT2D eigenvalue weighted by atomic mass is 10.0. The molecule has 3 N–H and O–H groups in total. The second-order valence-electron chi connectivity index (χ2n) is 26.9. The molecule has 0 aromatic rings. The molecule has 5 atom stereocenters. The van der Waals surface area contributed by atoms with Crippen molar-refractivity contribution in [3.8, 4) is 0 Å². The molecule has 19 heteroatoms. The van der Waals surface area contributed by atoms with Gasteiger partial charge in [-0.05, 0) is 37.5 Å². The van der Waals surface area contributed by atoms with Gasteiger partial charge in [-0.1, -0.05) is 318 Å². The van der Waals surface area contributed by atoms with Crippen molar-refractivity contribution in [2.24, 2.45) is 11.8 Å². The van der Waals surface area contributed by atoms with Crippen LogP contribution in [0.5, 0.6) is 0 Å². The summed E-state index contributed by atoms with van der Waals surface area (Å²) in [6.45, 7) is 9.48. The van der Waals surface area contributed by atoms with Crippen LogP contribution in [0.15, 0.2) is 0 Å². The molecular weight excluding hydrogens is 1200 g/mol. The lowest BCUT2D eigenvalue weighted by Crippen LogP contribution is -2.30. The molecule has 0 bridgehead atoms. The van der Waals surface area contributed by atoms with E-state index < -0.39 is 97.5 Å². The normalized spacial score (nSPS) is 14.1. The number of aliphatic hydroxyl groups is 1. The van der Waals surface area contributed by atoms with E-state index in [1.807, 2.05) is 0 Å². The van der Waals surface area contributed by atoms with Crippen molar-refractivity contribution in [3.63, 3.8) is 0 Å². The number of hydrogen-bond donors (Lipinski definition) is 3. The summed E-state index contributed by atoms with van der Waals surface area (Å²) >= 11 is 0. The molecule has 0 amide bonds. The Morgan fingerprint density at radius 2 is 0.505 bits per heavy atom. The number of carbonyl (C=O) groups is 4. The third-order valence-corrected chi connectivity index (χ3v) is 18.6. The highest BCUT2D eigenvalue weighted by molar-refractivity contribution is 7.47. The molecule has 0 heterocycles. The van der Waals surface area contributed by atoms with Gasteiger partial charge in [0.25, 0.3) is 0 Å². The summed E-state index contributed by atoms with van der Waals surface area (Å²) in [4.78, 5) is 72.5. The summed E-state index contributed by atoms with van der Waals surface area (Å²) in [6.07, 6.45) is 50.1. The average Bonchev–Trinajstić information content (AvgIpc) is 3.69. The molecule has 0 aliphatic carbocycles. The third-order valence-electron chi connectivity index (χ3n) is 16.7. The van der Waals surface area contributed by atoms with E-state index in [9.17, 15) is 43.2 Å². The molecule has 0 spiro atoms. The zero-order valence-electron chi connectivity index (χ0n) is 59.1. The second kappa shape index (κ2) is 64.1. The van der Waals surface area contributed by atoms with Gasteiger partial charge in [0.1, 0.15) is 19.3 Å². The first kappa shape index (κ1) is 89.1. The van der Waals surface area contributed by atoms with Crippen LogP contribution in [0, 0.1) is 11.8 Å². The number of rotatable bonds is 71. The summed E-state index contributed by atoms with van der Waals surface area (Å²) < 4.78 is 68.3. The first-order chi connectivity index (χ1) is 43.9. The van der Waals surface area contributed by atoms with Gasteiger partial charge in [0.2, 0.25) is 0 Å². The van der Waals surface area contributed by atoms with E-state index in [4.69, 9.17) is 37.0 Å². The molecule has 0 saturated carbocycles. The maximum atomic E-state index is 13.0. The lowest BCUT2D eigenvalue weighted by molar-refractivity contribution is -0.161. The van der Waals surface area contributed by atoms with Crippen LogP contribution >= 0.6 is 15.6 Å². The fourth-order valence-electron chi connectivity index (χ4n) is 10.9. The fraction of sp³-hybridized carbons (Fsp3) is 0.944. The molecular formula is C72H140O17P2. The Morgan fingerprint density at radius 1 is 0.297 bits per heavy atom. The lowest BCUT2D eigenvalue weighted by Gasteiger charge is -2.21. The predicted octanol–water partition coefficient (Wildman–Crippen LogP) is 20.8. The predicted molar refractivity (Wildman–Crippen MR) is 368 cm³/mol. The van der Waals surface area contributed by atoms with Gasteiger partial charge in [-0.25, -0.2) is 9.13 Å². The number of ether oxygens (including phenoxy) is 4. The van der Waals surface area contributed by atoms with E-state index in [1.54, 1.807) is 0 Å². The molecule has 91 heavy (non-hydrogen) atoms. The maximum absolute atomic E-state index is 13.0. The van der Waals surface area contributed by atoms with Crippen molar-refractivity contribution in [1.29, 1.82) is 0 Å². The second-order valence-corrected chi connectivity index (χ2v) is 29.8. The molecule has 0 aliphatic heterocycles. The number of aliphatic hydroxyl groups excluding tert-OH is 1. The SMILES string of the molecule is CCCCCCCCCCCCCCCCCC(=O)OC[C@H](COP(=O)(O)OC[C@@H](O)COP(=O)(O)OC[C@@H](COC(=O)CCCCCCCCCCC)OC(=O)CCCCCCCCC(C)C)OC(=O)CCCCCCCCCCCCCCCCCC(C)C. The van der Waals surface area contributed by atoms with E-state index in [0.717, 1.165) is 95.8 Å². The number of carbonyl (C=O) groups excluding carboxylic acids is 4. The topological polar surface area (TPSA) is 237 Å². The van der Waals surface area contributed by atoms with Gasteiger partial charge in [-0.15, -0.1) is 0 Å². The largest absolute Gasteiger partial charge is 0.472 e. The molecule has 0 fully saturated rings. The smallest absolute Gasteiger partial charge is 0.462 e. The highest BCUT2D eigenvalue weighted by Crippen LogP contribution is 2.45. The zero-order valence-corrected chi connectivity index (χ0v) is 60.9. The van der Waals surface area contributed by atoms with Crippen molar-refractivity contribution >= 4 is 39.5 Å². The van der Waals surface area contributed by atoms with E-state index in [1.165, 1.54) is 186 Å². The highest BCUT2D eigenvalue weighted by Gasteiger charge is 2.30. The Balaban J connectivity index is 5.20. The van der Waals surface area contributed by atoms with Crippen LogP contribution in [0.1, 0.15) is 369 Å². The summed E-state index contributed by atoms with van der Waals surface area (Å²) in [5.74, 6) is -0.654. The number of phosphoric ester groups is 2. The van der Waals surface area contributed by atoms with Crippen LogP contribution in [-0.4, -0.2) is 96.7 Å². The summed E-state index contributed by atoms with van der Waals surface area (Å²) in [6, 6.07) is 0. The summed E-state index contributed by atoms with van der Waals surface area (Å²) in [5, 5.41) is 10.6. The van der Waals surface area contributed by atoms with Gasteiger partial charge in [0.15, 0.2) is 12.2 Å². The monoisotopic (exact) mass is 1340 g/mol. The number of esters is 4. The molecule has 0 rings (SSSR count). The minimum atomic E-state index is -4.95. The average molecular weight is 1340 g/mol. The van der Waals surface area contributed by atoms with Gasteiger partial charge in [0, 0.05) is 25.7 Å². The summed E-state index contributed by atoms with van der Waals surface area (Å²) in [5.41, 5.74) is 0. The van der Waals surface area contributed by atoms with Gasteiger partial charge in [-0.3, -0.25) is 37.3 Å². The highest BCUT2D eigenvalue weighted by atomic mass is 31.2. The van der Waals surface area contributed by atoms with Crippen molar-refractivity contribution < 1.29 is 80.2 Å². The first-order valence-corrected chi connectivity index (χ1v) is 40.5. The standard InChI is InChI=1S/C72H140O17P2/c1-7-9-11-13-15-17-18-19-21-25-28-32-36-43-49-55-70(75)83-60-67(88-71(76)56-50-44-37-33-29-26-23-20-22-24-27-31-34-40-46-52-64(3)4)62-86-90(78,79)84-58-66(73)59-85-91(80,81)87-63-68(89-72(77)57-51-45-39-38-41-47-53-65(5)6)61-82-69(74)54-48-42-35-30-16-14-12-10-8-2/h64-68,73H,7-63H2,1-6H3,(H,78,79)(H,80,81)/t66-,67-,68-/m1/s1. The Hall–Kier alpha value is -1.94. The van der Waals surface area contributed by atoms with Crippen LogP contribution in [0.3, 0.4) is 0 Å². The van der Waals surface area contributed by atoms with E-state index >= 15 is 0 Å². The molecule has 0 aliphatic rings. The van der Waals surface area contributed by atoms with Crippen LogP contribution in [0.4, 0.5) is 0 Å². The van der Waals surface area contributed by atoms with E-state index in [2.05, 4.69) is 41.5 Å². The van der Waals surface area contributed by atoms with E-state index in [0.29, 0.717) is 31.6 Å². The quantitative estimate of drug-likeness (QED) is 0.0222. The van der Waals surface area contributed by atoms with Crippen LogP contribution in [0.25, 0.3) is 0 Å². The molecule has 17 nitrogen and oxygen atoms in total. The van der Waals surface area contributed by atoms with Crippen molar-refractivity contribution in [2.45, 2.75) is 387 Å². The Bertz CT molecular complexity index is 1770. The fourth-order valence-corrected chi connectivity index (χ4v) is 12.5. The molecule has 2 unspecified atom stereocenters. The van der Waals surface area contributed by atoms with Gasteiger partial charge >= 0.3 is 39.5 Å². The number of hydrogen-bond acceptors (Lipinski definition) is 15.